The highest BCUT2D eigenvalue weighted by atomic mass is 35.5. The number of carbonyl (C=O) groups is 1. The molecule has 0 aliphatic carbocycles. The third-order valence-corrected chi connectivity index (χ3v) is 6.56. The Morgan fingerprint density at radius 3 is 2.49 bits per heavy atom. The number of H-pyrrole nitrogens is 1. The molecule has 2 N–H and O–H groups in total. The summed E-state index contributed by atoms with van der Waals surface area (Å²) in [6, 6.07) is 18.9. The number of hydrogen-bond donors (Lipinski definition) is 2. The first kappa shape index (κ1) is 22.7. The molecule has 176 valence electrons. The normalized spacial score (nSPS) is 14.5. The average molecular weight is 486 g/mol. The lowest BCUT2D eigenvalue weighted by Crippen LogP contribution is -2.52. The van der Waals surface area contributed by atoms with Gasteiger partial charge in [0.05, 0.1) is 23.1 Å². The van der Waals surface area contributed by atoms with Crippen LogP contribution >= 0.6 is 11.6 Å². The fraction of sp³-hybridized carbons (Fsp3) is 0.231. The number of halogens is 1. The molecule has 0 saturated carbocycles. The zero-order chi connectivity index (χ0) is 24.4. The summed E-state index contributed by atoms with van der Waals surface area (Å²) < 4.78 is 0. The molecule has 1 aliphatic heterocycles. The summed E-state index contributed by atoms with van der Waals surface area (Å²) in [5.41, 5.74) is 4.28. The number of anilines is 1. The van der Waals surface area contributed by atoms with Crippen LogP contribution in [0, 0.1) is 11.3 Å². The van der Waals surface area contributed by atoms with E-state index < -0.39 is 0 Å². The van der Waals surface area contributed by atoms with Crippen LogP contribution < -0.4 is 10.2 Å². The number of hydrogen-bond acceptors (Lipinski definition) is 5. The molecule has 9 heteroatoms. The Bertz CT molecular complexity index is 1380. The van der Waals surface area contributed by atoms with Crippen molar-refractivity contribution in [3.8, 4) is 17.3 Å². The minimum Gasteiger partial charge on any atom is -0.352 e. The number of rotatable bonds is 4. The summed E-state index contributed by atoms with van der Waals surface area (Å²) in [6.07, 6.45) is 1.56. The molecule has 1 atom stereocenters. The molecule has 0 spiro atoms. The van der Waals surface area contributed by atoms with Crippen molar-refractivity contribution in [2.45, 2.75) is 13.0 Å². The molecule has 0 bridgehead atoms. The van der Waals surface area contributed by atoms with E-state index in [4.69, 9.17) is 16.9 Å². The molecule has 5 rings (SSSR count). The van der Waals surface area contributed by atoms with Crippen LogP contribution in [0.4, 0.5) is 10.6 Å². The minimum absolute atomic E-state index is 0.0790. The number of nitriles is 1. The smallest absolute Gasteiger partial charge is 0.317 e. The summed E-state index contributed by atoms with van der Waals surface area (Å²) in [5.74, 6) is 0.848. The maximum atomic E-state index is 12.8. The summed E-state index contributed by atoms with van der Waals surface area (Å²) in [4.78, 5) is 29.2. The second-order valence-electron chi connectivity index (χ2n) is 8.53. The predicted octanol–water partition coefficient (Wildman–Crippen LogP) is 4.74. The van der Waals surface area contributed by atoms with E-state index in [1.54, 1.807) is 18.5 Å². The van der Waals surface area contributed by atoms with Crippen LogP contribution in [0.1, 0.15) is 24.1 Å². The van der Waals surface area contributed by atoms with Gasteiger partial charge in [-0.2, -0.15) is 5.26 Å². The Morgan fingerprint density at radius 1 is 1.09 bits per heavy atom. The summed E-state index contributed by atoms with van der Waals surface area (Å²) in [5, 5.41) is 13.7. The largest absolute Gasteiger partial charge is 0.352 e. The maximum absolute atomic E-state index is 12.8. The topological polar surface area (TPSA) is 101 Å². The monoisotopic (exact) mass is 485 g/mol. The van der Waals surface area contributed by atoms with Crippen molar-refractivity contribution in [2.24, 2.45) is 0 Å². The van der Waals surface area contributed by atoms with E-state index >= 15 is 0 Å². The number of aromatic nitrogens is 3. The molecule has 3 heterocycles. The molecule has 0 radical (unpaired) electrons. The summed E-state index contributed by atoms with van der Waals surface area (Å²) in [7, 11) is 0. The molecule has 1 saturated heterocycles. The van der Waals surface area contributed by atoms with E-state index in [-0.39, 0.29) is 12.1 Å². The number of amides is 2. The van der Waals surface area contributed by atoms with Crippen molar-refractivity contribution in [3.05, 3.63) is 77.1 Å². The van der Waals surface area contributed by atoms with Crippen LogP contribution in [-0.4, -0.2) is 52.1 Å². The Morgan fingerprint density at radius 2 is 1.80 bits per heavy atom. The molecule has 1 aliphatic rings. The summed E-state index contributed by atoms with van der Waals surface area (Å²) >= 11 is 5.97. The zero-order valence-electron chi connectivity index (χ0n) is 19.2. The van der Waals surface area contributed by atoms with Gasteiger partial charge < -0.3 is 20.1 Å². The van der Waals surface area contributed by atoms with Gasteiger partial charge in [-0.1, -0.05) is 35.9 Å². The molecule has 8 nitrogen and oxygen atoms in total. The summed E-state index contributed by atoms with van der Waals surface area (Å²) in [6.45, 7) is 4.50. The van der Waals surface area contributed by atoms with Gasteiger partial charge in [-0.05, 0) is 48.4 Å². The van der Waals surface area contributed by atoms with E-state index in [1.165, 1.54) is 0 Å². The van der Waals surface area contributed by atoms with Gasteiger partial charge in [0.1, 0.15) is 17.8 Å². The van der Waals surface area contributed by atoms with Crippen molar-refractivity contribution in [1.82, 2.24) is 25.2 Å². The van der Waals surface area contributed by atoms with Gasteiger partial charge in [0.25, 0.3) is 0 Å². The SMILES string of the molecule is C[C@H](NC(=O)N1CCN(c2ncnc3[nH]c(-c4ccc(C#N)cc4)cc23)CC1)c1ccc(Cl)cc1. The molecule has 2 aromatic carbocycles. The van der Waals surface area contributed by atoms with Crippen LogP contribution in [0.5, 0.6) is 0 Å². The highest BCUT2D eigenvalue weighted by Crippen LogP contribution is 2.29. The lowest BCUT2D eigenvalue weighted by Gasteiger charge is -2.36. The van der Waals surface area contributed by atoms with Gasteiger partial charge in [-0.3, -0.25) is 0 Å². The third kappa shape index (κ3) is 4.77. The van der Waals surface area contributed by atoms with Crippen LogP contribution in [0.15, 0.2) is 60.9 Å². The number of fused-ring (bicyclic) bond motifs is 1. The van der Waals surface area contributed by atoms with Gasteiger partial charge in [-0.15, -0.1) is 0 Å². The second kappa shape index (κ2) is 9.65. The molecule has 2 amide bonds. The van der Waals surface area contributed by atoms with Crippen molar-refractivity contribution in [3.63, 3.8) is 0 Å². The van der Waals surface area contributed by atoms with Crippen LogP contribution in [-0.2, 0) is 0 Å². The average Bonchev–Trinajstić information content (AvgIpc) is 3.34. The molecule has 0 unspecified atom stereocenters. The third-order valence-electron chi connectivity index (χ3n) is 6.31. The van der Waals surface area contributed by atoms with Crippen molar-refractivity contribution < 1.29 is 4.79 Å². The van der Waals surface area contributed by atoms with Gasteiger partial charge in [0.15, 0.2) is 0 Å². The highest BCUT2D eigenvalue weighted by Gasteiger charge is 2.24. The number of nitrogens with zero attached hydrogens (tertiary/aromatic N) is 5. The lowest BCUT2D eigenvalue weighted by molar-refractivity contribution is 0.191. The van der Waals surface area contributed by atoms with Gasteiger partial charge in [0, 0.05) is 36.9 Å². The fourth-order valence-electron chi connectivity index (χ4n) is 4.29. The molecule has 4 aromatic rings. The van der Waals surface area contributed by atoms with Gasteiger partial charge >= 0.3 is 6.03 Å². The van der Waals surface area contributed by atoms with E-state index in [9.17, 15) is 4.79 Å². The van der Waals surface area contributed by atoms with Crippen molar-refractivity contribution in [1.29, 1.82) is 5.26 Å². The van der Waals surface area contributed by atoms with Crippen molar-refractivity contribution >= 4 is 34.5 Å². The fourth-order valence-corrected chi connectivity index (χ4v) is 4.42. The number of urea groups is 1. The Labute approximate surface area is 208 Å². The minimum atomic E-state index is -0.111. The van der Waals surface area contributed by atoms with Crippen LogP contribution in [0.2, 0.25) is 5.02 Å². The predicted molar refractivity (Wildman–Crippen MR) is 136 cm³/mol. The maximum Gasteiger partial charge on any atom is 0.317 e. The molecular formula is C26H24ClN7O. The molecular weight excluding hydrogens is 462 g/mol. The number of carbonyl (C=O) groups excluding carboxylic acids is 1. The standard InChI is InChI=1S/C26H24ClN7O/c1-17(19-6-8-21(27)9-7-19)31-26(35)34-12-10-33(11-13-34)25-22-14-23(32-24(22)29-16-30-25)20-4-2-18(15-28)3-5-20/h2-9,14,16-17H,10-13H2,1H3,(H,31,35)(H,29,30,32)/t17-/m0/s1. The quantitative estimate of drug-likeness (QED) is 0.434. The zero-order valence-corrected chi connectivity index (χ0v) is 20.0. The Kier molecular flexibility index (Phi) is 6.25. The van der Waals surface area contributed by atoms with E-state index in [0.29, 0.717) is 36.8 Å². The van der Waals surface area contributed by atoms with Crippen LogP contribution in [0.25, 0.3) is 22.3 Å². The van der Waals surface area contributed by atoms with Gasteiger partial charge in [-0.25, -0.2) is 14.8 Å². The number of piperazine rings is 1. The van der Waals surface area contributed by atoms with E-state index in [2.05, 4.69) is 31.2 Å². The number of nitrogens with one attached hydrogen (secondary N) is 2. The molecule has 35 heavy (non-hydrogen) atoms. The van der Waals surface area contributed by atoms with E-state index in [1.807, 2.05) is 54.3 Å². The van der Waals surface area contributed by atoms with Crippen LogP contribution in [0.3, 0.4) is 0 Å². The Balaban J connectivity index is 1.26. The Hall–Kier alpha value is -4.09. The van der Waals surface area contributed by atoms with Crippen molar-refractivity contribution in [2.75, 3.05) is 31.1 Å². The molecule has 1 fully saturated rings. The van der Waals surface area contributed by atoms with Gasteiger partial charge in [0.2, 0.25) is 0 Å². The second-order valence-corrected chi connectivity index (χ2v) is 8.96. The first-order valence-corrected chi connectivity index (χ1v) is 11.8. The first-order valence-electron chi connectivity index (χ1n) is 11.4. The lowest BCUT2D eigenvalue weighted by atomic mass is 10.1. The highest BCUT2D eigenvalue weighted by molar-refractivity contribution is 6.30. The van der Waals surface area contributed by atoms with E-state index in [0.717, 1.165) is 33.7 Å². The number of aromatic amines is 1. The number of benzene rings is 2. The molecule has 2 aromatic heterocycles. The first-order chi connectivity index (χ1) is 17.0.